The number of rotatable bonds is 10. The number of hydrogen-bond donors (Lipinski definition) is 0. The fourth-order valence-electron chi connectivity index (χ4n) is 6.29. The Hall–Kier alpha value is -0.160. The van der Waals surface area contributed by atoms with Crippen molar-refractivity contribution in [2.24, 2.45) is 23.7 Å². The van der Waals surface area contributed by atoms with Gasteiger partial charge in [0.2, 0.25) is 0 Å². The molecule has 2 aliphatic heterocycles. The zero-order chi connectivity index (χ0) is 18.5. The van der Waals surface area contributed by atoms with Crippen LogP contribution in [0.2, 0.25) is 0 Å². The first-order chi connectivity index (χ1) is 11.9. The molecule has 4 nitrogen and oxygen atoms in total. The van der Waals surface area contributed by atoms with Crippen LogP contribution in [0.5, 0.6) is 0 Å². The van der Waals surface area contributed by atoms with Gasteiger partial charge in [0, 0.05) is 23.7 Å². The maximum Gasteiger partial charge on any atom is 0.0817 e. The van der Waals surface area contributed by atoms with Crippen LogP contribution < -0.4 is 0 Å². The van der Waals surface area contributed by atoms with Crippen LogP contribution in [0.3, 0.4) is 0 Å². The minimum absolute atomic E-state index is 0. The van der Waals surface area contributed by atoms with E-state index >= 15 is 0 Å². The molecule has 0 radical (unpaired) electrons. The van der Waals surface area contributed by atoms with Crippen molar-refractivity contribution in [1.29, 1.82) is 0 Å². The lowest BCUT2D eigenvalue weighted by Gasteiger charge is -2.36. The predicted molar refractivity (Wildman–Crippen MR) is 114 cm³/mol. The third-order valence-corrected chi connectivity index (χ3v) is 7.80. The molecule has 0 bridgehead atoms. The average Bonchev–Trinajstić information content (AvgIpc) is 2.97. The van der Waals surface area contributed by atoms with Crippen molar-refractivity contribution in [3.63, 3.8) is 0 Å². The van der Waals surface area contributed by atoms with E-state index in [4.69, 9.17) is 0 Å². The van der Waals surface area contributed by atoms with E-state index in [1.54, 1.807) is 0 Å². The highest BCUT2D eigenvalue weighted by molar-refractivity contribution is 4.71. The highest BCUT2D eigenvalue weighted by Crippen LogP contribution is 2.32. The van der Waals surface area contributed by atoms with Gasteiger partial charge in [-0.25, -0.2) is 0 Å². The highest BCUT2D eigenvalue weighted by Gasteiger charge is 2.41. The smallest absolute Gasteiger partial charge is 0.0817 e. The van der Waals surface area contributed by atoms with Crippen LogP contribution in [-0.4, -0.2) is 72.3 Å². The SMILES string of the molecule is CCC[N+]1(CCCCC[N+]2(CCC)CC(C)C(C)C2)CC(C)C(C)C1.[OH-].[OH-]. The second-order valence-corrected chi connectivity index (χ2v) is 10.3. The van der Waals surface area contributed by atoms with Crippen LogP contribution in [0.25, 0.3) is 0 Å². The van der Waals surface area contributed by atoms with Crippen molar-refractivity contribution >= 4 is 0 Å². The predicted octanol–water partition coefficient (Wildman–Crippen LogP) is 4.83. The van der Waals surface area contributed by atoms with Crippen molar-refractivity contribution in [3.05, 3.63) is 0 Å². The molecule has 0 spiro atoms. The van der Waals surface area contributed by atoms with E-state index in [0.29, 0.717) is 0 Å². The van der Waals surface area contributed by atoms with Crippen LogP contribution in [-0.2, 0) is 0 Å². The fraction of sp³-hybridized carbons (Fsp3) is 1.00. The van der Waals surface area contributed by atoms with E-state index in [-0.39, 0.29) is 11.0 Å². The van der Waals surface area contributed by atoms with Crippen LogP contribution >= 0.6 is 0 Å². The summed E-state index contributed by atoms with van der Waals surface area (Å²) in [6.45, 7) is 26.2. The summed E-state index contributed by atoms with van der Waals surface area (Å²) in [5.41, 5.74) is 0. The van der Waals surface area contributed by atoms with E-state index in [1.807, 2.05) is 0 Å². The van der Waals surface area contributed by atoms with Crippen LogP contribution in [0, 0.1) is 23.7 Å². The normalized spacial score (nSPS) is 38.4. The Morgan fingerprint density at radius 2 is 0.815 bits per heavy atom. The van der Waals surface area contributed by atoms with Crippen molar-refractivity contribution in [2.45, 2.75) is 73.6 Å². The van der Waals surface area contributed by atoms with Crippen molar-refractivity contribution in [3.8, 4) is 0 Å². The second-order valence-electron chi connectivity index (χ2n) is 10.3. The molecule has 4 atom stereocenters. The molecule has 0 saturated carbocycles. The average molecular weight is 387 g/mol. The van der Waals surface area contributed by atoms with Gasteiger partial charge in [-0.2, -0.15) is 0 Å². The number of unbranched alkanes of at least 4 members (excludes halogenated alkanes) is 2. The Balaban J connectivity index is 0.00000338. The lowest BCUT2D eigenvalue weighted by molar-refractivity contribution is -0.921. The van der Waals surface area contributed by atoms with E-state index in [9.17, 15) is 0 Å². The summed E-state index contributed by atoms with van der Waals surface area (Å²) >= 11 is 0. The molecule has 2 aliphatic rings. The molecular formula is C23H50N2O2. The summed E-state index contributed by atoms with van der Waals surface area (Å²) in [5, 5.41) is 0. The Bertz CT molecular complexity index is 346. The molecule has 4 heteroatoms. The third kappa shape index (κ3) is 6.99. The highest BCUT2D eigenvalue weighted by atomic mass is 16.0. The maximum atomic E-state index is 2.48. The molecule has 2 fully saturated rings. The summed E-state index contributed by atoms with van der Waals surface area (Å²) in [6.07, 6.45) is 7.07. The molecule has 2 heterocycles. The van der Waals surface area contributed by atoms with E-state index in [0.717, 1.165) is 23.7 Å². The van der Waals surface area contributed by atoms with Gasteiger partial charge in [0.1, 0.15) is 0 Å². The van der Waals surface area contributed by atoms with Crippen LogP contribution in [0.4, 0.5) is 0 Å². The Morgan fingerprint density at radius 1 is 0.519 bits per heavy atom. The van der Waals surface area contributed by atoms with Crippen molar-refractivity contribution in [2.75, 3.05) is 52.4 Å². The lowest BCUT2D eigenvalue weighted by Crippen LogP contribution is -2.48. The molecule has 0 aromatic carbocycles. The standard InChI is InChI=1S/C23H48N2.2H2O/c1-7-12-24(16-20(3)21(4)17-24)14-10-9-11-15-25(13-8-2)18-22(5)23(6)19-25;;/h20-23H,7-19H2,1-6H3;2*1H2/q+2;;/p-2. The minimum Gasteiger partial charge on any atom is -0.870 e. The van der Waals surface area contributed by atoms with Gasteiger partial charge in [-0.05, 0) is 32.1 Å². The van der Waals surface area contributed by atoms with Crippen molar-refractivity contribution in [1.82, 2.24) is 0 Å². The van der Waals surface area contributed by atoms with Gasteiger partial charge >= 0.3 is 0 Å². The van der Waals surface area contributed by atoms with Gasteiger partial charge in [0.05, 0.1) is 52.4 Å². The zero-order valence-electron chi connectivity index (χ0n) is 19.3. The summed E-state index contributed by atoms with van der Waals surface area (Å²) < 4.78 is 2.86. The van der Waals surface area contributed by atoms with Gasteiger partial charge in [-0.15, -0.1) is 0 Å². The van der Waals surface area contributed by atoms with Gasteiger partial charge < -0.3 is 19.9 Å². The second kappa shape index (κ2) is 11.7. The first-order valence-corrected chi connectivity index (χ1v) is 11.6. The molecule has 164 valence electrons. The molecule has 2 N–H and O–H groups in total. The van der Waals surface area contributed by atoms with E-state index < -0.39 is 0 Å². The largest absolute Gasteiger partial charge is 0.870 e. The molecule has 0 amide bonds. The molecule has 2 rings (SSSR count). The first kappa shape index (κ1) is 26.8. The lowest BCUT2D eigenvalue weighted by atomic mass is 10.0. The Kier molecular flexibility index (Phi) is 11.7. The zero-order valence-corrected chi connectivity index (χ0v) is 19.3. The number of hydrogen-bond acceptors (Lipinski definition) is 2. The fourth-order valence-corrected chi connectivity index (χ4v) is 6.29. The van der Waals surface area contributed by atoms with Crippen LogP contribution in [0.1, 0.15) is 73.6 Å². The number of nitrogens with zero attached hydrogens (tertiary/aromatic N) is 2. The Labute approximate surface area is 170 Å². The van der Waals surface area contributed by atoms with Gasteiger partial charge in [0.15, 0.2) is 0 Å². The minimum atomic E-state index is 0. The Morgan fingerprint density at radius 3 is 1.07 bits per heavy atom. The summed E-state index contributed by atoms with van der Waals surface area (Å²) in [4.78, 5) is 0. The molecule has 2 saturated heterocycles. The van der Waals surface area contributed by atoms with Crippen molar-refractivity contribution < 1.29 is 19.9 Å². The quantitative estimate of drug-likeness (QED) is 0.399. The molecular weight excluding hydrogens is 336 g/mol. The summed E-state index contributed by atoms with van der Waals surface area (Å²) in [5.74, 6) is 3.71. The van der Waals surface area contributed by atoms with E-state index in [2.05, 4.69) is 41.5 Å². The number of likely N-dealkylation sites (tertiary alicyclic amines) is 2. The van der Waals surface area contributed by atoms with Gasteiger partial charge in [-0.1, -0.05) is 41.5 Å². The molecule has 0 aromatic heterocycles. The maximum absolute atomic E-state index is 2.48. The summed E-state index contributed by atoms with van der Waals surface area (Å²) in [7, 11) is 0. The van der Waals surface area contributed by atoms with Gasteiger partial charge in [-0.3, -0.25) is 0 Å². The molecule has 0 aromatic rings. The van der Waals surface area contributed by atoms with Gasteiger partial charge in [0.25, 0.3) is 0 Å². The topological polar surface area (TPSA) is 60.0 Å². The first-order valence-electron chi connectivity index (χ1n) is 11.6. The number of quaternary nitrogens is 2. The van der Waals surface area contributed by atoms with E-state index in [1.165, 1.54) is 93.4 Å². The monoisotopic (exact) mass is 386 g/mol. The van der Waals surface area contributed by atoms with Crippen LogP contribution in [0.15, 0.2) is 0 Å². The molecule has 27 heavy (non-hydrogen) atoms. The molecule has 4 unspecified atom stereocenters. The third-order valence-electron chi connectivity index (χ3n) is 7.80. The summed E-state index contributed by atoms with van der Waals surface area (Å²) in [6, 6.07) is 0. The molecule has 0 aliphatic carbocycles.